The largest absolute Gasteiger partial charge is 0.461 e. The smallest absolute Gasteiger partial charge is 0.358 e. The third-order valence-corrected chi connectivity index (χ3v) is 2.36. The standard InChI is InChI=1S/C8H7Br2NO2/c1-2-13-8(12)7-5(9)3-4-6(10)11-7/h3-4H,2H2,1H3. The van der Waals surface area contributed by atoms with E-state index in [1.165, 1.54) is 0 Å². The van der Waals surface area contributed by atoms with Crippen molar-refractivity contribution in [1.29, 1.82) is 0 Å². The maximum absolute atomic E-state index is 11.3. The van der Waals surface area contributed by atoms with Crippen LogP contribution >= 0.6 is 31.9 Å². The van der Waals surface area contributed by atoms with Crippen LogP contribution in [0.1, 0.15) is 17.4 Å². The quantitative estimate of drug-likeness (QED) is 0.623. The minimum Gasteiger partial charge on any atom is -0.461 e. The highest BCUT2D eigenvalue weighted by atomic mass is 79.9. The summed E-state index contributed by atoms with van der Waals surface area (Å²) in [5.74, 6) is -0.421. The highest BCUT2D eigenvalue weighted by molar-refractivity contribution is 9.11. The van der Waals surface area contributed by atoms with Crippen molar-refractivity contribution in [3.63, 3.8) is 0 Å². The summed E-state index contributed by atoms with van der Waals surface area (Å²) in [4.78, 5) is 15.3. The van der Waals surface area contributed by atoms with Crippen LogP contribution < -0.4 is 0 Å². The molecule has 0 aliphatic heterocycles. The predicted molar refractivity (Wildman–Crippen MR) is 55.6 cm³/mol. The van der Waals surface area contributed by atoms with Gasteiger partial charge >= 0.3 is 5.97 Å². The average Bonchev–Trinajstić information content (AvgIpc) is 2.09. The van der Waals surface area contributed by atoms with Crippen LogP contribution in [-0.2, 0) is 4.74 Å². The van der Waals surface area contributed by atoms with Gasteiger partial charge in [0.2, 0.25) is 0 Å². The summed E-state index contributed by atoms with van der Waals surface area (Å²) in [5.41, 5.74) is 0.288. The number of hydrogen-bond acceptors (Lipinski definition) is 3. The zero-order valence-corrected chi connectivity index (χ0v) is 10.1. The van der Waals surface area contributed by atoms with E-state index in [1.807, 2.05) is 0 Å². The molecule has 5 heteroatoms. The van der Waals surface area contributed by atoms with Crippen LogP contribution in [0.3, 0.4) is 0 Å². The zero-order chi connectivity index (χ0) is 9.84. The Morgan fingerprint density at radius 1 is 1.54 bits per heavy atom. The van der Waals surface area contributed by atoms with Crippen molar-refractivity contribution in [1.82, 2.24) is 4.98 Å². The van der Waals surface area contributed by atoms with Gasteiger partial charge in [-0.25, -0.2) is 9.78 Å². The first-order chi connectivity index (χ1) is 6.15. The van der Waals surface area contributed by atoms with Gasteiger partial charge in [0.05, 0.1) is 11.1 Å². The van der Waals surface area contributed by atoms with Crippen molar-refractivity contribution in [2.45, 2.75) is 6.92 Å². The molecule has 0 radical (unpaired) electrons. The maximum Gasteiger partial charge on any atom is 0.358 e. The molecule has 0 saturated carbocycles. The van der Waals surface area contributed by atoms with Crippen molar-refractivity contribution >= 4 is 37.8 Å². The first kappa shape index (κ1) is 10.7. The number of ether oxygens (including phenoxy) is 1. The first-order valence-corrected chi connectivity index (χ1v) is 5.23. The topological polar surface area (TPSA) is 39.2 Å². The van der Waals surface area contributed by atoms with Gasteiger partial charge in [0.25, 0.3) is 0 Å². The van der Waals surface area contributed by atoms with Gasteiger partial charge in [-0.1, -0.05) is 0 Å². The number of aromatic nitrogens is 1. The molecular formula is C8H7Br2NO2. The van der Waals surface area contributed by atoms with E-state index in [0.717, 1.165) is 0 Å². The molecule has 0 aliphatic carbocycles. The minimum absolute atomic E-state index is 0.288. The number of halogens is 2. The van der Waals surface area contributed by atoms with Gasteiger partial charge in [-0.05, 0) is 50.9 Å². The molecule has 0 spiro atoms. The Balaban J connectivity index is 2.99. The van der Waals surface area contributed by atoms with Crippen molar-refractivity contribution in [2.75, 3.05) is 6.61 Å². The molecular weight excluding hydrogens is 302 g/mol. The fraction of sp³-hybridized carbons (Fsp3) is 0.250. The Morgan fingerprint density at radius 3 is 2.85 bits per heavy atom. The Hall–Kier alpha value is -0.420. The molecule has 13 heavy (non-hydrogen) atoms. The number of pyridine rings is 1. The van der Waals surface area contributed by atoms with Gasteiger partial charge < -0.3 is 4.74 Å². The van der Waals surface area contributed by atoms with E-state index in [1.54, 1.807) is 19.1 Å². The van der Waals surface area contributed by atoms with Crippen LogP contribution in [0.15, 0.2) is 21.2 Å². The molecule has 70 valence electrons. The van der Waals surface area contributed by atoms with Crippen LogP contribution in [-0.4, -0.2) is 17.6 Å². The van der Waals surface area contributed by atoms with Gasteiger partial charge in [0, 0.05) is 0 Å². The number of carbonyl (C=O) groups excluding carboxylic acids is 1. The Bertz CT molecular complexity index is 328. The third kappa shape index (κ3) is 2.77. The lowest BCUT2D eigenvalue weighted by atomic mass is 10.3. The second-order valence-corrected chi connectivity index (χ2v) is 3.85. The Kier molecular flexibility index (Phi) is 3.87. The third-order valence-electron chi connectivity index (χ3n) is 1.28. The predicted octanol–water partition coefficient (Wildman–Crippen LogP) is 2.78. The molecule has 0 atom stereocenters. The van der Waals surface area contributed by atoms with Crippen LogP contribution in [0, 0.1) is 0 Å². The molecule has 1 rings (SSSR count). The SMILES string of the molecule is CCOC(=O)c1nc(Br)ccc1Br. The summed E-state index contributed by atoms with van der Waals surface area (Å²) in [7, 11) is 0. The second kappa shape index (κ2) is 4.72. The summed E-state index contributed by atoms with van der Waals surface area (Å²) in [6, 6.07) is 3.48. The monoisotopic (exact) mass is 307 g/mol. The van der Waals surface area contributed by atoms with Crippen molar-refractivity contribution in [3.8, 4) is 0 Å². The molecule has 0 unspecified atom stereocenters. The number of carbonyl (C=O) groups is 1. The van der Waals surface area contributed by atoms with E-state index in [0.29, 0.717) is 15.7 Å². The van der Waals surface area contributed by atoms with Gasteiger partial charge in [-0.3, -0.25) is 0 Å². The summed E-state index contributed by atoms with van der Waals surface area (Å²) in [6.45, 7) is 2.10. The van der Waals surface area contributed by atoms with Gasteiger partial charge in [0.1, 0.15) is 4.60 Å². The summed E-state index contributed by atoms with van der Waals surface area (Å²) in [5, 5.41) is 0. The second-order valence-electron chi connectivity index (χ2n) is 2.18. The molecule has 0 saturated heterocycles. The van der Waals surface area contributed by atoms with E-state index in [-0.39, 0.29) is 5.69 Å². The zero-order valence-electron chi connectivity index (χ0n) is 6.88. The number of nitrogens with zero attached hydrogens (tertiary/aromatic N) is 1. The molecule has 0 aliphatic rings. The summed E-state index contributed by atoms with van der Waals surface area (Å²) < 4.78 is 6.05. The van der Waals surface area contributed by atoms with E-state index in [4.69, 9.17) is 4.74 Å². The number of esters is 1. The van der Waals surface area contributed by atoms with E-state index < -0.39 is 5.97 Å². The molecule has 1 heterocycles. The van der Waals surface area contributed by atoms with Crippen LogP contribution in [0.5, 0.6) is 0 Å². The fourth-order valence-corrected chi connectivity index (χ4v) is 1.45. The fourth-order valence-electron chi connectivity index (χ4n) is 0.761. The first-order valence-electron chi connectivity index (χ1n) is 3.64. The highest BCUT2D eigenvalue weighted by Crippen LogP contribution is 2.18. The van der Waals surface area contributed by atoms with Gasteiger partial charge in [-0.2, -0.15) is 0 Å². The van der Waals surface area contributed by atoms with E-state index in [2.05, 4.69) is 36.8 Å². The van der Waals surface area contributed by atoms with Crippen LogP contribution in [0.25, 0.3) is 0 Å². The molecule has 3 nitrogen and oxygen atoms in total. The van der Waals surface area contributed by atoms with Gasteiger partial charge in [-0.15, -0.1) is 0 Å². The lowest BCUT2D eigenvalue weighted by molar-refractivity contribution is 0.0518. The number of rotatable bonds is 2. The molecule has 1 aromatic rings. The van der Waals surface area contributed by atoms with Crippen LogP contribution in [0.4, 0.5) is 0 Å². The highest BCUT2D eigenvalue weighted by Gasteiger charge is 2.12. The Labute approximate surface area is 92.8 Å². The van der Waals surface area contributed by atoms with Crippen LogP contribution in [0.2, 0.25) is 0 Å². The van der Waals surface area contributed by atoms with Crippen molar-refractivity contribution in [3.05, 3.63) is 26.9 Å². The molecule has 0 fully saturated rings. The minimum atomic E-state index is -0.421. The van der Waals surface area contributed by atoms with E-state index >= 15 is 0 Å². The van der Waals surface area contributed by atoms with E-state index in [9.17, 15) is 4.79 Å². The molecule has 0 bridgehead atoms. The van der Waals surface area contributed by atoms with Crippen molar-refractivity contribution in [2.24, 2.45) is 0 Å². The average molecular weight is 309 g/mol. The summed E-state index contributed by atoms with van der Waals surface area (Å²) >= 11 is 6.39. The molecule has 0 N–H and O–H groups in total. The molecule has 0 amide bonds. The molecule has 1 aromatic heterocycles. The lowest BCUT2D eigenvalue weighted by Crippen LogP contribution is -2.07. The lowest BCUT2D eigenvalue weighted by Gasteiger charge is -2.02. The van der Waals surface area contributed by atoms with Gasteiger partial charge in [0.15, 0.2) is 5.69 Å². The summed E-state index contributed by atoms with van der Waals surface area (Å²) in [6.07, 6.45) is 0. The van der Waals surface area contributed by atoms with Crippen molar-refractivity contribution < 1.29 is 9.53 Å². The normalized spacial score (nSPS) is 9.77. The number of hydrogen-bond donors (Lipinski definition) is 0. The molecule has 0 aromatic carbocycles. The Morgan fingerprint density at radius 2 is 2.23 bits per heavy atom. The maximum atomic E-state index is 11.3.